The van der Waals surface area contributed by atoms with Crippen LogP contribution >= 0.6 is 11.6 Å². The molecule has 37 heavy (non-hydrogen) atoms. The minimum absolute atomic E-state index is 0. The van der Waals surface area contributed by atoms with Crippen LogP contribution in [0, 0.1) is 0 Å². The molecule has 3 aromatic carbocycles. The molecule has 10 heteroatoms. The normalized spacial score (nSPS) is 14.8. The van der Waals surface area contributed by atoms with Crippen LogP contribution in [0.3, 0.4) is 0 Å². The smallest absolute Gasteiger partial charge is 0.549 e. The van der Waals surface area contributed by atoms with Crippen molar-refractivity contribution in [2.75, 3.05) is 20.8 Å². The fraction of sp³-hybridized carbons (Fsp3) is 0.259. The molecule has 0 radical (unpaired) electrons. The Kier molecular flexibility index (Phi) is 10.3. The maximum atomic E-state index is 12.7. The average Bonchev–Trinajstić information content (AvgIpc) is 2.89. The van der Waals surface area contributed by atoms with Gasteiger partial charge in [0.1, 0.15) is 29.2 Å². The number of ether oxygens (including phenoxy) is 4. The van der Waals surface area contributed by atoms with Gasteiger partial charge in [0.05, 0.1) is 18.7 Å². The second-order valence-corrected chi connectivity index (χ2v) is 8.61. The van der Waals surface area contributed by atoms with Crippen molar-refractivity contribution in [3.63, 3.8) is 0 Å². The molecule has 1 aliphatic heterocycles. The van der Waals surface area contributed by atoms with E-state index in [9.17, 15) is 14.7 Å². The number of nitrogens with one attached hydrogen (secondary N) is 1. The van der Waals surface area contributed by atoms with Crippen molar-refractivity contribution in [3.05, 3.63) is 82.4 Å². The summed E-state index contributed by atoms with van der Waals surface area (Å²) in [6.07, 6.45) is 0.297. The van der Waals surface area contributed by atoms with Gasteiger partial charge in [-0.3, -0.25) is 4.79 Å². The zero-order chi connectivity index (χ0) is 25.7. The molecule has 0 bridgehead atoms. The quantitative estimate of drug-likeness (QED) is 0.319. The molecule has 1 heterocycles. The standard InChI is InChI=1S/C27H26ClNO7.Na/c1-33-18-7-3-16(4-8-18)13-25(34-2)29-26(30)17-5-9-19(10-6-17)36-24-15-23-21(14-22(24)28)20(27(31)32)11-12-35-23;/h3-10,14-15,20,25H,11-13H2,1-2H3,(H,29,30)(H,31,32);/q;+1/p-1. The Bertz CT molecular complexity index is 1230. The Morgan fingerprint density at radius 3 is 2.38 bits per heavy atom. The number of halogens is 1. The summed E-state index contributed by atoms with van der Waals surface area (Å²) in [5.41, 5.74) is 1.88. The van der Waals surface area contributed by atoms with Gasteiger partial charge in [0.25, 0.3) is 5.91 Å². The van der Waals surface area contributed by atoms with E-state index in [0.717, 1.165) is 11.3 Å². The molecule has 2 unspecified atom stereocenters. The van der Waals surface area contributed by atoms with Crippen molar-refractivity contribution >= 4 is 23.5 Å². The molecular weight excluding hydrogens is 509 g/mol. The predicted molar refractivity (Wildman–Crippen MR) is 131 cm³/mol. The number of aliphatic carboxylic acids is 1. The number of fused-ring (bicyclic) bond motifs is 1. The summed E-state index contributed by atoms with van der Waals surface area (Å²) >= 11 is 6.34. The van der Waals surface area contributed by atoms with E-state index in [1.54, 1.807) is 37.4 Å². The van der Waals surface area contributed by atoms with Crippen LogP contribution < -0.4 is 54.2 Å². The van der Waals surface area contributed by atoms with E-state index in [2.05, 4.69) is 5.32 Å². The van der Waals surface area contributed by atoms with Crippen LogP contribution in [0.5, 0.6) is 23.0 Å². The van der Waals surface area contributed by atoms with Gasteiger partial charge in [0, 0.05) is 42.6 Å². The molecule has 0 saturated carbocycles. The number of amides is 1. The maximum absolute atomic E-state index is 12.7. The summed E-state index contributed by atoms with van der Waals surface area (Å²) in [5.74, 6) is -0.335. The van der Waals surface area contributed by atoms with Gasteiger partial charge in [-0.1, -0.05) is 23.7 Å². The number of carbonyl (C=O) groups is 2. The number of carbonyl (C=O) groups excluding carboxylic acids is 2. The minimum atomic E-state index is -1.17. The van der Waals surface area contributed by atoms with Crippen LogP contribution in [0.15, 0.2) is 60.7 Å². The first-order valence-electron chi connectivity index (χ1n) is 11.3. The average molecular weight is 534 g/mol. The van der Waals surface area contributed by atoms with E-state index in [-0.39, 0.29) is 47.1 Å². The molecule has 0 aliphatic carbocycles. The van der Waals surface area contributed by atoms with Crippen LogP contribution in [0.1, 0.15) is 33.8 Å². The second kappa shape index (κ2) is 13.2. The molecule has 1 amide bonds. The molecule has 3 aromatic rings. The van der Waals surface area contributed by atoms with Crippen LogP contribution in [-0.4, -0.2) is 38.9 Å². The van der Waals surface area contributed by atoms with Gasteiger partial charge in [-0.25, -0.2) is 0 Å². The maximum Gasteiger partial charge on any atom is 1.00 e. The van der Waals surface area contributed by atoms with Gasteiger partial charge in [0.15, 0.2) is 0 Å². The Morgan fingerprint density at radius 1 is 1.08 bits per heavy atom. The van der Waals surface area contributed by atoms with Crippen molar-refractivity contribution in [2.24, 2.45) is 0 Å². The fourth-order valence-corrected chi connectivity index (χ4v) is 4.12. The SMILES string of the molecule is COc1ccc(CC(NC(=O)c2ccc(Oc3cc4c(cc3Cl)C(C(=O)[O-])CCO4)cc2)OC)cc1.[Na+]. The van der Waals surface area contributed by atoms with Gasteiger partial charge in [0.2, 0.25) is 0 Å². The first-order valence-corrected chi connectivity index (χ1v) is 11.7. The zero-order valence-electron chi connectivity index (χ0n) is 20.8. The molecule has 1 N–H and O–H groups in total. The van der Waals surface area contributed by atoms with Gasteiger partial charge in [-0.05, 0) is 54.4 Å². The number of hydrogen-bond acceptors (Lipinski definition) is 7. The van der Waals surface area contributed by atoms with Crippen molar-refractivity contribution < 1.29 is 63.2 Å². The molecule has 188 valence electrons. The molecule has 1 aliphatic rings. The molecule has 0 fully saturated rings. The summed E-state index contributed by atoms with van der Waals surface area (Å²) in [7, 11) is 3.14. The number of hydrogen-bond donors (Lipinski definition) is 1. The van der Waals surface area contributed by atoms with Gasteiger partial charge >= 0.3 is 29.6 Å². The number of benzene rings is 3. The van der Waals surface area contributed by atoms with E-state index >= 15 is 0 Å². The number of rotatable bonds is 9. The topological polar surface area (TPSA) is 106 Å². The summed E-state index contributed by atoms with van der Waals surface area (Å²) in [6.45, 7) is 0.261. The fourth-order valence-electron chi connectivity index (χ4n) is 3.91. The Morgan fingerprint density at radius 2 is 1.76 bits per heavy atom. The number of carboxylic acid groups (broad SMARTS) is 1. The third-order valence-corrected chi connectivity index (χ3v) is 6.18. The van der Waals surface area contributed by atoms with E-state index in [4.69, 9.17) is 30.5 Å². The van der Waals surface area contributed by atoms with Gasteiger partial charge in [-0.2, -0.15) is 0 Å². The first kappa shape index (κ1) is 28.8. The first-order chi connectivity index (χ1) is 17.4. The summed E-state index contributed by atoms with van der Waals surface area (Å²) in [5, 5.41) is 14.5. The third-order valence-electron chi connectivity index (χ3n) is 5.89. The second-order valence-electron chi connectivity index (χ2n) is 8.21. The minimum Gasteiger partial charge on any atom is -0.549 e. The molecule has 4 rings (SSSR count). The molecule has 0 aromatic heterocycles. The van der Waals surface area contributed by atoms with Crippen LogP contribution in [-0.2, 0) is 16.0 Å². The van der Waals surface area contributed by atoms with Crippen LogP contribution in [0.4, 0.5) is 0 Å². The van der Waals surface area contributed by atoms with E-state index in [1.807, 2.05) is 24.3 Å². The van der Waals surface area contributed by atoms with Gasteiger partial charge < -0.3 is 34.2 Å². The molecule has 0 spiro atoms. The van der Waals surface area contributed by atoms with E-state index in [0.29, 0.717) is 41.2 Å². The Balaban J connectivity index is 0.00000380. The van der Waals surface area contributed by atoms with E-state index < -0.39 is 18.1 Å². The monoisotopic (exact) mass is 533 g/mol. The zero-order valence-corrected chi connectivity index (χ0v) is 23.5. The number of methoxy groups -OCH3 is 2. The van der Waals surface area contributed by atoms with Crippen LogP contribution in [0.25, 0.3) is 0 Å². The van der Waals surface area contributed by atoms with Crippen molar-refractivity contribution in [3.8, 4) is 23.0 Å². The summed E-state index contributed by atoms with van der Waals surface area (Å²) in [4.78, 5) is 24.1. The molecule has 0 saturated heterocycles. The number of carboxylic acids is 1. The third kappa shape index (κ3) is 7.18. The molecule has 8 nitrogen and oxygen atoms in total. The predicted octanol–water partition coefficient (Wildman–Crippen LogP) is 0.706. The summed E-state index contributed by atoms with van der Waals surface area (Å²) in [6, 6.07) is 17.2. The Hall–Kier alpha value is -2.75. The van der Waals surface area contributed by atoms with Gasteiger partial charge in [-0.15, -0.1) is 0 Å². The molecule has 2 atom stereocenters. The largest absolute Gasteiger partial charge is 1.00 e. The van der Waals surface area contributed by atoms with Crippen molar-refractivity contribution in [1.82, 2.24) is 5.32 Å². The van der Waals surface area contributed by atoms with Crippen molar-refractivity contribution in [2.45, 2.75) is 25.0 Å². The van der Waals surface area contributed by atoms with E-state index in [1.165, 1.54) is 13.2 Å². The van der Waals surface area contributed by atoms with Crippen molar-refractivity contribution in [1.29, 1.82) is 0 Å². The Labute approximate surface area is 242 Å². The molecular formula is C27H25ClNNaO7. The summed E-state index contributed by atoms with van der Waals surface area (Å²) < 4.78 is 22.0. The van der Waals surface area contributed by atoms with Crippen LogP contribution in [0.2, 0.25) is 5.02 Å².